The number of ether oxygens (including phenoxy) is 1. The monoisotopic (exact) mass is 395 g/mol. The summed E-state index contributed by atoms with van der Waals surface area (Å²) in [6, 6.07) is 5.98. The van der Waals surface area contributed by atoms with E-state index in [2.05, 4.69) is 4.98 Å². The van der Waals surface area contributed by atoms with Crippen molar-refractivity contribution in [1.29, 1.82) is 0 Å². The molecule has 0 bridgehead atoms. The highest BCUT2D eigenvalue weighted by Gasteiger charge is 2.15. The molecule has 0 aliphatic rings. The van der Waals surface area contributed by atoms with Crippen molar-refractivity contribution in [2.45, 2.75) is 56.9 Å². The Morgan fingerprint density at radius 1 is 1.26 bits per heavy atom. The van der Waals surface area contributed by atoms with Gasteiger partial charge in [0.05, 0.1) is 0 Å². The molecule has 1 aromatic heterocycles. The van der Waals surface area contributed by atoms with Crippen LogP contribution in [-0.2, 0) is 24.2 Å². The summed E-state index contributed by atoms with van der Waals surface area (Å²) in [5.41, 5.74) is 1.99. The molecule has 2 rings (SSSR count). The van der Waals surface area contributed by atoms with Gasteiger partial charge in [0.2, 0.25) is 0 Å². The predicted octanol–water partition coefficient (Wildman–Crippen LogP) is 5.02. The van der Waals surface area contributed by atoms with E-state index in [1.165, 1.54) is 0 Å². The minimum absolute atomic E-state index is 0.00560. The summed E-state index contributed by atoms with van der Waals surface area (Å²) in [6.45, 7) is 6.10. The molecule has 0 saturated heterocycles. The van der Waals surface area contributed by atoms with Gasteiger partial charge < -0.3 is 9.84 Å². The van der Waals surface area contributed by atoms with Crippen LogP contribution in [0.1, 0.15) is 44.0 Å². The SMILES string of the molecule is CCc1ccc(COc2c(F)cc(CCC(=O)O)cc2F)c(SC(C)C)n1. The Bertz CT molecular complexity index is 789. The molecule has 4 nitrogen and oxygen atoms in total. The number of thioether (sulfide) groups is 1. The third-order valence-electron chi connectivity index (χ3n) is 3.76. The summed E-state index contributed by atoms with van der Waals surface area (Å²) in [4.78, 5) is 15.2. The van der Waals surface area contributed by atoms with E-state index < -0.39 is 23.4 Å². The summed E-state index contributed by atoms with van der Waals surface area (Å²) in [5, 5.41) is 9.79. The molecule has 0 unspecified atom stereocenters. The smallest absolute Gasteiger partial charge is 0.303 e. The first-order chi connectivity index (χ1) is 12.8. The van der Waals surface area contributed by atoms with Crippen LogP contribution in [-0.4, -0.2) is 21.3 Å². The largest absolute Gasteiger partial charge is 0.483 e. The fraction of sp³-hybridized carbons (Fsp3) is 0.400. The average Bonchev–Trinajstić information content (AvgIpc) is 2.59. The molecule has 0 spiro atoms. The summed E-state index contributed by atoms with van der Waals surface area (Å²) >= 11 is 1.58. The molecule has 7 heteroatoms. The van der Waals surface area contributed by atoms with E-state index in [1.807, 2.05) is 32.9 Å². The van der Waals surface area contributed by atoms with Crippen LogP contribution in [0.2, 0.25) is 0 Å². The number of benzene rings is 1. The molecule has 1 heterocycles. The maximum atomic E-state index is 14.2. The van der Waals surface area contributed by atoms with Crippen molar-refractivity contribution in [2.24, 2.45) is 0 Å². The Hall–Kier alpha value is -2.15. The summed E-state index contributed by atoms with van der Waals surface area (Å²) in [7, 11) is 0. The number of aryl methyl sites for hydroxylation is 2. The quantitative estimate of drug-likeness (QED) is 0.604. The summed E-state index contributed by atoms with van der Waals surface area (Å²) < 4.78 is 33.9. The van der Waals surface area contributed by atoms with E-state index in [0.29, 0.717) is 5.25 Å². The van der Waals surface area contributed by atoms with Crippen LogP contribution >= 0.6 is 11.8 Å². The number of carboxylic acids is 1. The van der Waals surface area contributed by atoms with E-state index in [1.54, 1.807) is 11.8 Å². The number of nitrogens with zero attached hydrogens (tertiary/aromatic N) is 1. The van der Waals surface area contributed by atoms with Crippen LogP contribution in [0.15, 0.2) is 29.3 Å². The summed E-state index contributed by atoms with van der Waals surface area (Å²) in [6.07, 6.45) is 0.666. The van der Waals surface area contributed by atoms with Crippen LogP contribution in [0.4, 0.5) is 8.78 Å². The van der Waals surface area contributed by atoms with Crippen LogP contribution < -0.4 is 4.74 Å². The summed E-state index contributed by atoms with van der Waals surface area (Å²) in [5.74, 6) is -3.17. The fourth-order valence-corrected chi connectivity index (χ4v) is 3.33. The number of carbonyl (C=O) groups is 1. The van der Waals surface area contributed by atoms with Crippen molar-refractivity contribution in [2.75, 3.05) is 0 Å². The lowest BCUT2D eigenvalue weighted by atomic mass is 10.1. The highest BCUT2D eigenvalue weighted by molar-refractivity contribution is 7.99. The fourth-order valence-electron chi connectivity index (χ4n) is 2.44. The van der Waals surface area contributed by atoms with Gasteiger partial charge in [-0.2, -0.15) is 0 Å². The van der Waals surface area contributed by atoms with Crippen molar-refractivity contribution >= 4 is 17.7 Å². The van der Waals surface area contributed by atoms with Gasteiger partial charge in [-0.3, -0.25) is 4.79 Å². The second kappa shape index (κ2) is 9.69. The number of rotatable bonds is 9. The molecule has 146 valence electrons. The Balaban J connectivity index is 2.17. The van der Waals surface area contributed by atoms with E-state index in [0.717, 1.165) is 34.8 Å². The van der Waals surface area contributed by atoms with Gasteiger partial charge in [-0.05, 0) is 36.6 Å². The molecule has 0 radical (unpaired) electrons. The maximum absolute atomic E-state index is 14.2. The maximum Gasteiger partial charge on any atom is 0.303 e. The molecular weight excluding hydrogens is 372 g/mol. The molecule has 2 aromatic rings. The molecule has 0 aliphatic carbocycles. The number of carboxylic acid groups (broad SMARTS) is 1. The van der Waals surface area contributed by atoms with Crippen molar-refractivity contribution in [3.63, 3.8) is 0 Å². The van der Waals surface area contributed by atoms with Crippen LogP contribution in [0.25, 0.3) is 0 Å². The predicted molar refractivity (Wildman–Crippen MR) is 101 cm³/mol. The number of aliphatic carboxylic acids is 1. The first-order valence-electron chi connectivity index (χ1n) is 8.78. The number of pyridine rings is 1. The zero-order chi connectivity index (χ0) is 20.0. The second-order valence-corrected chi connectivity index (χ2v) is 7.92. The van der Waals surface area contributed by atoms with E-state index >= 15 is 0 Å². The second-order valence-electron chi connectivity index (χ2n) is 6.36. The third kappa shape index (κ3) is 6.20. The Morgan fingerprint density at radius 2 is 1.93 bits per heavy atom. The van der Waals surface area contributed by atoms with Gasteiger partial charge in [-0.15, -0.1) is 11.8 Å². The minimum Gasteiger partial charge on any atom is -0.483 e. The zero-order valence-corrected chi connectivity index (χ0v) is 16.4. The number of hydrogen-bond acceptors (Lipinski definition) is 4. The molecule has 0 fully saturated rings. The number of halogens is 2. The van der Waals surface area contributed by atoms with Gasteiger partial charge in [0.1, 0.15) is 11.6 Å². The van der Waals surface area contributed by atoms with Gasteiger partial charge in [0.15, 0.2) is 17.4 Å². The Labute approximate surface area is 162 Å². The molecule has 27 heavy (non-hydrogen) atoms. The molecule has 0 atom stereocenters. The molecular formula is C20H23F2NO3S. The normalized spacial score (nSPS) is 11.0. The Morgan fingerprint density at radius 3 is 2.48 bits per heavy atom. The standard InChI is InChI=1S/C20H23F2NO3S/c1-4-15-7-6-14(20(23-15)27-12(2)3)11-26-19-16(21)9-13(10-17(19)22)5-8-18(24)25/h6-7,9-10,12H,4-5,8,11H2,1-3H3,(H,24,25). The van der Waals surface area contributed by atoms with Gasteiger partial charge >= 0.3 is 5.97 Å². The molecule has 1 aromatic carbocycles. The van der Waals surface area contributed by atoms with Crippen molar-refractivity contribution in [1.82, 2.24) is 4.98 Å². The molecule has 1 N–H and O–H groups in total. The molecule has 0 amide bonds. The van der Waals surface area contributed by atoms with Gasteiger partial charge in [-0.25, -0.2) is 13.8 Å². The number of hydrogen-bond donors (Lipinski definition) is 1. The lowest BCUT2D eigenvalue weighted by Gasteiger charge is -2.14. The van der Waals surface area contributed by atoms with E-state index in [-0.39, 0.29) is 25.0 Å². The lowest BCUT2D eigenvalue weighted by Crippen LogP contribution is -2.05. The van der Waals surface area contributed by atoms with Gasteiger partial charge in [0, 0.05) is 22.9 Å². The Kier molecular flexibility index (Phi) is 7.59. The van der Waals surface area contributed by atoms with Crippen molar-refractivity contribution in [3.05, 3.63) is 52.7 Å². The number of aromatic nitrogens is 1. The zero-order valence-electron chi connectivity index (χ0n) is 15.6. The first kappa shape index (κ1) is 21.2. The van der Waals surface area contributed by atoms with Crippen LogP contribution in [0.5, 0.6) is 5.75 Å². The highest BCUT2D eigenvalue weighted by atomic mass is 32.2. The third-order valence-corrected chi connectivity index (χ3v) is 4.81. The van der Waals surface area contributed by atoms with Crippen molar-refractivity contribution in [3.8, 4) is 5.75 Å². The minimum atomic E-state index is -1.02. The van der Waals surface area contributed by atoms with Crippen LogP contribution in [0, 0.1) is 11.6 Å². The van der Waals surface area contributed by atoms with Crippen LogP contribution in [0.3, 0.4) is 0 Å². The lowest BCUT2D eigenvalue weighted by molar-refractivity contribution is -0.136. The molecule has 0 saturated carbocycles. The van der Waals surface area contributed by atoms with E-state index in [9.17, 15) is 13.6 Å². The van der Waals surface area contributed by atoms with Crippen molar-refractivity contribution < 1.29 is 23.4 Å². The topological polar surface area (TPSA) is 59.4 Å². The first-order valence-corrected chi connectivity index (χ1v) is 9.66. The molecule has 0 aliphatic heterocycles. The van der Waals surface area contributed by atoms with Gasteiger partial charge in [-0.1, -0.05) is 26.8 Å². The average molecular weight is 395 g/mol. The highest BCUT2D eigenvalue weighted by Crippen LogP contribution is 2.29. The van der Waals surface area contributed by atoms with E-state index in [4.69, 9.17) is 9.84 Å². The van der Waals surface area contributed by atoms with Gasteiger partial charge in [0.25, 0.3) is 0 Å².